The Morgan fingerprint density at radius 1 is 1.05 bits per heavy atom. The number of para-hydroxylation sites is 2. The van der Waals surface area contributed by atoms with Crippen LogP contribution in [0.5, 0.6) is 5.75 Å². The highest BCUT2D eigenvalue weighted by molar-refractivity contribution is 5.96. The molecule has 1 atom stereocenters. The van der Waals surface area contributed by atoms with Crippen molar-refractivity contribution in [3.63, 3.8) is 0 Å². The summed E-state index contributed by atoms with van der Waals surface area (Å²) >= 11 is 0. The van der Waals surface area contributed by atoms with Crippen molar-refractivity contribution in [3.8, 4) is 5.75 Å². The Morgan fingerprint density at radius 2 is 1.68 bits per heavy atom. The van der Waals surface area contributed by atoms with Crippen LogP contribution in [-0.2, 0) is 11.2 Å². The van der Waals surface area contributed by atoms with E-state index in [1.54, 1.807) is 24.3 Å². The molecule has 22 heavy (non-hydrogen) atoms. The van der Waals surface area contributed by atoms with Crippen LogP contribution >= 0.6 is 0 Å². The van der Waals surface area contributed by atoms with Crippen molar-refractivity contribution in [3.05, 3.63) is 59.7 Å². The van der Waals surface area contributed by atoms with Crippen LogP contribution in [0.3, 0.4) is 0 Å². The predicted molar refractivity (Wildman–Crippen MR) is 90.1 cm³/mol. The Kier molecular flexibility index (Phi) is 5.21. The fourth-order valence-corrected chi connectivity index (χ4v) is 2.39. The molecule has 0 saturated heterocycles. The molecule has 0 aliphatic rings. The molecule has 3 nitrogen and oxygen atoms in total. The van der Waals surface area contributed by atoms with E-state index in [1.807, 2.05) is 19.1 Å². The van der Waals surface area contributed by atoms with Gasteiger partial charge in [-0.05, 0) is 42.5 Å². The maximum atomic E-state index is 12.3. The maximum absolute atomic E-state index is 12.3. The highest BCUT2D eigenvalue weighted by Gasteiger charge is 2.16. The summed E-state index contributed by atoms with van der Waals surface area (Å²) < 4.78 is 0. The van der Waals surface area contributed by atoms with Crippen LogP contribution in [0.1, 0.15) is 37.8 Å². The quantitative estimate of drug-likeness (QED) is 0.807. The smallest absolute Gasteiger partial charge is 0.231 e. The van der Waals surface area contributed by atoms with Crippen LogP contribution in [0, 0.1) is 5.92 Å². The van der Waals surface area contributed by atoms with Crippen LogP contribution in [-0.4, -0.2) is 11.0 Å². The van der Waals surface area contributed by atoms with E-state index < -0.39 is 0 Å². The molecule has 0 fully saturated rings. The molecule has 0 saturated carbocycles. The summed E-state index contributed by atoms with van der Waals surface area (Å²) in [5, 5.41) is 12.5. The number of anilines is 1. The van der Waals surface area contributed by atoms with E-state index in [9.17, 15) is 9.90 Å². The minimum atomic E-state index is -0.271. The van der Waals surface area contributed by atoms with Gasteiger partial charge in [-0.25, -0.2) is 0 Å². The second kappa shape index (κ2) is 7.12. The topological polar surface area (TPSA) is 49.3 Å². The van der Waals surface area contributed by atoms with E-state index in [1.165, 1.54) is 5.56 Å². The summed E-state index contributed by atoms with van der Waals surface area (Å²) in [4.78, 5) is 12.3. The lowest BCUT2D eigenvalue weighted by atomic mass is 9.96. The van der Waals surface area contributed by atoms with Crippen LogP contribution in [0.15, 0.2) is 48.5 Å². The number of hydrogen-bond acceptors (Lipinski definition) is 2. The van der Waals surface area contributed by atoms with Gasteiger partial charge in [-0.3, -0.25) is 4.79 Å². The number of carbonyl (C=O) groups excluding carboxylic acids is 1. The number of amides is 1. The van der Waals surface area contributed by atoms with Gasteiger partial charge in [-0.15, -0.1) is 0 Å². The Morgan fingerprint density at radius 3 is 2.27 bits per heavy atom. The van der Waals surface area contributed by atoms with E-state index in [4.69, 9.17) is 0 Å². The summed E-state index contributed by atoms with van der Waals surface area (Å²) in [6.07, 6.45) is 1.04. The normalized spacial score (nSPS) is 12.2. The molecular weight excluding hydrogens is 274 g/mol. The molecule has 116 valence electrons. The van der Waals surface area contributed by atoms with Gasteiger partial charge in [0.25, 0.3) is 0 Å². The Hall–Kier alpha value is -2.29. The lowest BCUT2D eigenvalue weighted by molar-refractivity contribution is -0.117. The molecule has 2 aromatic carbocycles. The van der Waals surface area contributed by atoms with Gasteiger partial charge in [-0.2, -0.15) is 0 Å². The molecule has 0 spiro atoms. The van der Waals surface area contributed by atoms with Crippen molar-refractivity contribution in [2.24, 2.45) is 5.92 Å². The standard InChI is InChI=1S/C19H23NO2/c1-13(2)12-15-8-10-16(11-9-15)14(3)19(22)20-17-6-4-5-7-18(17)21/h4-11,13-14,21H,12H2,1-3H3,(H,20,22)/t14-/m0/s1. The Labute approximate surface area is 132 Å². The van der Waals surface area contributed by atoms with E-state index in [-0.39, 0.29) is 17.6 Å². The molecule has 0 aliphatic carbocycles. The molecule has 0 aliphatic heterocycles. The molecule has 0 radical (unpaired) electrons. The zero-order valence-corrected chi connectivity index (χ0v) is 13.3. The third-order valence-electron chi connectivity index (χ3n) is 3.68. The fourth-order valence-electron chi connectivity index (χ4n) is 2.39. The molecule has 0 heterocycles. The molecule has 0 unspecified atom stereocenters. The summed E-state index contributed by atoms with van der Waals surface area (Å²) in [5.41, 5.74) is 2.70. The zero-order chi connectivity index (χ0) is 16.1. The Balaban J connectivity index is 2.05. The number of hydrogen-bond donors (Lipinski definition) is 2. The van der Waals surface area contributed by atoms with Gasteiger partial charge >= 0.3 is 0 Å². The average molecular weight is 297 g/mol. The van der Waals surface area contributed by atoms with Gasteiger partial charge in [0.05, 0.1) is 11.6 Å². The fraction of sp³-hybridized carbons (Fsp3) is 0.316. The van der Waals surface area contributed by atoms with Gasteiger partial charge in [-0.1, -0.05) is 50.2 Å². The third kappa shape index (κ3) is 4.10. The predicted octanol–water partition coefficient (Wildman–Crippen LogP) is 4.33. The molecule has 2 rings (SSSR count). The first kappa shape index (κ1) is 16.1. The van der Waals surface area contributed by atoms with Crippen molar-refractivity contribution in [1.29, 1.82) is 0 Å². The van der Waals surface area contributed by atoms with Crippen molar-refractivity contribution >= 4 is 11.6 Å². The van der Waals surface area contributed by atoms with Gasteiger partial charge in [0.2, 0.25) is 5.91 Å². The summed E-state index contributed by atoms with van der Waals surface area (Å²) in [6.45, 7) is 6.25. The highest BCUT2D eigenvalue weighted by atomic mass is 16.3. The second-order valence-corrected chi connectivity index (χ2v) is 6.07. The number of phenols is 1. The average Bonchev–Trinajstić information content (AvgIpc) is 2.49. The molecule has 2 aromatic rings. The molecule has 3 heteroatoms. The zero-order valence-electron chi connectivity index (χ0n) is 13.3. The van der Waals surface area contributed by atoms with Crippen LogP contribution < -0.4 is 5.32 Å². The number of phenolic OH excluding ortho intramolecular Hbond substituents is 1. The number of carbonyl (C=O) groups is 1. The molecule has 0 aromatic heterocycles. The van der Waals surface area contributed by atoms with Crippen molar-refractivity contribution in [1.82, 2.24) is 0 Å². The number of nitrogens with one attached hydrogen (secondary N) is 1. The highest BCUT2D eigenvalue weighted by Crippen LogP contribution is 2.24. The summed E-state index contributed by atoms with van der Waals surface area (Å²) in [7, 11) is 0. The second-order valence-electron chi connectivity index (χ2n) is 6.07. The van der Waals surface area contributed by atoms with Gasteiger partial charge < -0.3 is 10.4 Å². The number of rotatable bonds is 5. The largest absolute Gasteiger partial charge is 0.506 e. The molecule has 1 amide bonds. The van der Waals surface area contributed by atoms with Gasteiger partial charge in [0, 0.05) is 0 Å². The third-order valence-corrected chi connectivity index (χ3v) is 3.68. The first-order valence-corrected chi connectivity index (χ1v) is 7.65. The lowest BCUT2D eigenvalue weighted by Crippen LogP contribution is -2.18. The van der Waals surface area contributed by atoms with Gasteiger partial charge in [0.15, 0.2) is 0 Å². The van der Waals surface area contributed by atoms with Gasteiger partial charge in [0.1, 0.15) is 5.75 Å². The van der Waals surface area contributed by atoms with Crippen LogP contribution in [0.2, 0.25) is 0 Å². The monoisotopic (exact) mass is 297 g/mol. The minimum absolute atomic E-state index is 0.0790. The van der Waals surface area contributed by atoms with Crippen LogP contribution in [0.25, 0.3) is 0 Å². The number of aromatic hydroxyl groups is 1. The van der Waals surface area contributed by atoms with E-state index >= 15 is 0 Å². The van der Waals surface area contributed by atoms with Crippen molar-refractivity contribution in [2.45, 2.75) is 33.1 Å². The van der Waals surface area contributed by atoms with Crippen molar-refractivity contribution < 1.29 is 9.90 Å². The Bertz CT molecular complexity index is 632. The molecular formula is C19H23NO2. The maximum Gasteiger partial charge on any atom is 0.231 e. The first-order valence-electron chi connectivity index (χ1n) is 7.65. The van der Waals surface area contributed by atoms with E-state index in [2.05, 4.69) is 31.3 Å². The first-order chi connectivity index (χ1) is 10.5. The van der Waals surface area contributed by atoms with E-state index in [0.29, 0.717) is 11.6 Å². The van der Waals surface area contributed by atoms with E-state index in [0.717, 1.165) is 12.0 Å². The summed E-state index contributed by atoms with van der Waals surface area (Å²) in [5.74, 6) is 0.300. The minimum Gasteiger partial charge on any atom is -0.506 e. The SMILES string of the molecule is CC(C)Cc1ccc([C@H](C)C(=O)Nc2ccccc2O)cc1. The number of benzene rings is 2. The molecule has 0 bridgehead atoms. The summed E-state index contributed by atoms with van der Waals surface area (Å²) in [6, 6.07) is 14.9. The molecule has 2 N–H and O–H groups in total. The van der Waals surface area contributed by atoms with Crippen molar-refractivity contribution in [2.75, 3.05) is 5.32 Å². The van der Waals surface area contributed by atoms with Crippen LogP contribution in [0.4, 0.5) is 5.69 Å². The lowest BCUT2D eigenvalue weighted by Gasteiger charge is -2.14.